The number of aliphatic hydroxyl groups excluding tert-OH is 1. The minimum Gasteiger partial charge on any atom is -0.492 e. The maximum Gasteiger partial charge on any atom is 0.119 e. The Labute approximate surface area is 127 Å². The fourth-order valence-electron chi connectivity index (χ4n) is 1.65. The summed E-state index contributed by atoms with van der Waals surface area (Å²) in [5, 5.41) is 12.8. The van der Waals surface area contributed by atoms with E-state index < -0.39 is 6.10 Å². The number of nitrogens with one attached hydrogen (secondary N) is 1. The molecule has 0 aliphatic carbocycles. The van der Waals surface area contributed by atoms with E-state index in [0.29, 0.717) is 39.5 Å². The first kappa shape index (κ1) is 17.9. The molecule has 0 saturated heterocycles. The van der Waals surface area contributed by atoms with Gasteiger partial charge in [-0.2, -0.15) is 0 Å². The fourth-order valence-corrected chi connectivity index (χ4v) is 1.65. The van der Waals surface area contributed by atoms with Gasteiger partial charge < -0.3 is 24.6 Å². The SMILES string of the molecule is CC(C)OCCOCC(O)CNCCOc1ccccc1. The van der Waals surface area contributed by atoms with Gasteiger partial charge >= 0.3 is 0 Å². The van der Waals surface area contributed by atoms with Crippen LogP contribution >= 0.6 is 0 Å². The average molecular weight is 297 g/mol. The van der Waals surface area contributed by atoms with E-state index >= 15 is 0 Å². The Kier molecular flexibility index (Phi) is 9.82. The van der Waals surface area contributed by atoms with Crippen LogP contribution in [0.3, 0.4) is 0 Å². The van der Waals surface area contributed by atoms with E-state index in [1.54, 1.807) is 0 Å². The summed E-state index contributed by atoms with van der Waals surface area (Å²) in [5.74, 6) is 0.855. The Morgan fingerprint density at radius 3 is 2.57 bits per heavy atom. The van der Waals surface area contributed by atoms with Crippen molar-refractivity contribution in [2.24, 2.45) is 0 Å². The highest BCUT2D eigenvalue weighted by molar-refractivity contribution is 5.20. The third-order valence-electron chi connectivity index (χ3n) is 2.66. The number of benzene rings is 1. The number of hydrogen-bond donors (Lipinski definition) is 2. The third kappa shape index (κ3) is 10.3. The van der Waals surface area contributed by atoms with Crippen molar-refractivity contribution in [1.29, 1.82) is 0 Å². The molecule has 0 amide bonds. The van der Waals surface area contributed by atoms with E-state index in [1.165, 1.54) is 0 Å². The van der Waals surface area contributed by atoms with E-state index in [-0.39, 0.29) is 6.10 Å². The second-order valence-electron chi connectivity index (χ2n) is 5.01. The summed E-state index contributed by atoms with van der Waals surface area (Å²) in [6.45, 7) is 7.08. The molecule has 0 aliphatic rings. The second-order valence-corrected chi connectivity index (χ2v) is 5.01. The highest BCUT2D eigenvalue weighted by Crippen LogP contribution is 2.07. The molecule has 0 fully saturated rings. The maximum atomic E-state index is 9.70. The molecule has 0 spiro atoms. The van der Waals surface area contributed by atoms with Gasteiger partial charge in [-0.1, -0.05) is 18.2 Å². The summed E-state index contributed by atoms with van der Waals surface area (Å²) < 4.78 is 16.2. The van der Waals surface area contributed by atoms with Gasteiger partial charge in [0.1, 0.15) is 12.4 Å². The highest BCUT2D eigenvalue weighted by Gasteiger charge is 2.03. The molecule has 0 aromatic heterocycles. The van der Waals surface area contributed by atoms with Gasteiger partial charge in [-0.05, 0) is 26.0 Å². The van der Waals surface area contributed by atoms with Crippen LogP contribution in [0.1, 0.15) is 13.8 Å². The molecule has 0 saturated carbocycles. The van der Waals surface area contributed by atoms with E-state index in [2.05, 4.69) is 5.32 Å². The minimum atomic E-state index is -0.513. The number of ether oxygens (including phenoxy) is 3. The largest absolute Gasteiger partial charge is 0.492 e. The summed E-state index contributed by atoms with van der Waals surface area (Å²) in [7, 11) is 0. The smallest absolute Gasteiger partial charge is 0.119 e. The molecule has 1 unspecified atom stereocenters. The van der Waals surface area contributed by atoms with Crippen molar-refractivity contribution in [2.75, 3.05) is 39.5 Å². The number of aliphatic hydroxyl groups is 1. The van der Waals surface area contributed by atoms with Crippen molar-refractivity contribution < 1.29 is 19.3 Å². The first-order chi connectivity index (χ1) is 10.2. The molecule has 1 atom stereocenters. The van der Waals surface area contributed by atoms with Crippen molar-refractivity contribution in [3.63, 3.8) is 0 Å². The van der Waals surface area contributed by atoms with Gasteiger partial charge in [0.25, 0.3) is 0 Å². The summed E-state index contributed by atoms with van der Waals surface area (Å²) >= 11 is 0. The fraction of sp³-hybridized carbons (Fsp3) is 0.625. The first-order valence-electron chi connectivity index (χ1n) is 7.44. The van der Waals surface area contributed by atoms with Gasteiger partial charge in [0.05, 0.1) is 32.0 Å². The second kappa shape index (κ2) is 11.5. The quantitative estimate of drug-likeness (QED) is 0.572. The van der Waals surface area contributed by atoms with Gasteiger partial charge in [0.15, 0.2) is 0 Å². The summed E-state index contributed by atoms with van der Waals surface area (Å²) in [5.41, 5.74) is 0. The minimum absolute atomic E-state index is 0.213. The van der Waals surface area contributed by atoms with Gasteiger partial charge in [0.2, 0.25) is 0 Å². The molecule has 5 nitrogen and oxygen atoms in total. The van der Waals surface area contributed by atoms with Gasteiger partial charge in [-0.3, -0.25) is 0 Å². The lowest BCUT2D eigenvalue weighted by Crippen LogP contribution is -2.33. The van der Waals surface area contributed by atoms with Crippen LogP contribution in [0.15, 0.2) is 30.3 Å². The lowest BCUT2D eigenvalue weighted by atomic mass is 10.3. The molecule has 1 aromatic carbocycles. The molecule has 0 radical (unpaired) electrons. The molecular weight excluding hydrogens is 270 g/mol. The predicted octanol–water partition coefficient (Wildman–Crippen LogP) is 1.46. The molecule has 1 rings (SSSR count). The van der Waals surface area contributed by atoms with Crippen molar-refractivity contribution in [1.82, 2.24) is 5.32 Å². The molecule has 21 heavy (non-hydrogen) atoms. The van der Waals surface area contributed by atoms with Crippen LogP contribution in [0.5, 0.6) is 5.75 Å². The zero-order valence-corrected chi connectivity index (χ0v) is 13.0. The lowest BCUT2D eigenvalue weighted by molar-refractivity contribution is -0.0100. The third-order valence-corrected chi connectivity index (χ3v) is 2.66. The summed E-state index contributed by atoms with van der Waals surface area (Å²) in [4.78, 5) is 0. The van der Waals surface area contributed by atoms with Gasteiger partial charge in [-0.25, -0.2) is 0 Å². The van der Waals surface area contributed by atoms with E-state index in [0.717, 1.165) is 5.75 Å². The normalized spacial score (nSPS) is 12.6. The average Bonchev–Trinajstić information content (AvgIpc) is 2.47. The summed E-state index contributed by atoms with van der Waals surface area (Å²) in [6.07, 6.45) is -0.300. The lowest BCUT2D eigenvalue weighted by Gasteiger charge is -2.13. The standard InChI is InChI=1S/C16H27NO4/c1-14(2)20-11-10-19-13-15(18)12-17-8-9-21-16-6-4-3-5-7-16/h3-7,14-15,17-18H,8-13H2,1-2H3. The number of rotatable bonds is 12. The molecule has 0 bridgehead atoms. The predicted molar refractivity (Wildman–Crippen MR) is 82.7 cm³/mol. The van der Waals surface area contributed by atoms with Crippen LogP contribution in [0.25, 0.3) is 0 Å². The summed E-state index contributed by atoms with van der Waals surface area (Å²) in [6, 6.07) is 9.66. The monoisotopic (exact) mass is 297 g/mol. The molecular formula is C16H27NO4. The van der Waals surface area contributed by atoms with Gasteiger partial charge in [0, 0.05) is 13.1 Å². The topological polar surface area (TPSA) is 60.0 Å². The highest BCUT2D eigenvalue weighted by atomic mass is 16.5. The van der Waals surface area contributed by atoms with Crippen LogP contribution < -0.4 is 10.1 Å². The van der Waals surface area contributed by atoms with Gasteiger partial charge in [-0.15, -0.1) is 0 Å². The van der Waals surface area contributed by atoms with Crippen LogP contribution in [0, 0.1) is 0 Å². The maximum absolute atomic E-state index is 9.70. The molecule has 120 valence electrons. The number of hydrogen-bond acceptors (Lipinski definition) is 5. The molecule has 0 heterocycles. The van der Waals surface area contributed by atoms with E-state index in [1.807, 2.05) is 44.2 Å². The molecule has 0 aliphatic heterocycles. The van der Waals surface area contributed by atoms with Crippen molar-refractivity contribution in [2.45, 2.75) is 26.1 Å². The Balaban J connectivity index is 1.90. The molecule has 1 aromatic rings. The van der Waals surface area contributed by atoms with Crippen LogP contribution in [-0.4, -0.2) is 56.8 Å². The number of para-hydroxylation sites is 1. The molecule has 5 heteroatoms. The zero-order valence-electron chi connectivity index (χ0n) is 13.0. The van der Waals surface area contributed by atoms with Crippen molar-refractivity contribution >= 4 is 0 Å². The Morgan fingerprint density at radius 2 is 1.86 bits per heavy atom. The van der Waals surface area contributed by atoms with E-state index in [4.69, 9.17) is 14.2 Å². The van der Waals surface area contributed by atoms with E-state index in [9.17, 15) is 5.11 Å². The zero-order chi connectivity index (χ0) is 15.3. The Morgan fingerprint density at radius 1 is 1.10 bits per heavy atom. The van der Waals surface area contributed by atoms with Crippen molar-refractivity contribution in [3.8, 4) is 5.75 Å². The molecule has 2 N–H and O–H groups in total. The van der Waals surface area contributed by atoms with Crippen LogP contribution in [0.2, 0.25) is 0 Å². The Bertz CT molecular complexity index is 345. The van der Waals surface area contributed by atoms with Crippen LogP contribution in [-0.2, 0) is 9.47 Å². The first-order valence-corrected chi connectivity index (χ1v) is 7.44. The van der Waals surface area contributed by atoms with Crippen molar-refractivity contribution in [3.05, 3.63) is 30.3 Å². The Hall–Kier alpha value is -1.14. The van der Waals surface area contributed by atoms with Crippen LogP contribution in [0.4, 0.5) is 0 Å².